The van der Waals surface area contributed by atoms with E-state index in [1.54, 1.807) is 4.90 Å². The zero-order valence-electron chi connectivity index (χ0n) is 12.8. The molecule has 0 aliphatic carbocycles. The summed E-state index contributed by atoms with van der Waals surface area (Å²) in [5.41, 5.74) is 0.744. The molecule has 2 aliphatic rings. The Labute approximate surface area is 134 Å². The monoisotopic (exact) mass is 322 g/mol. The van der Waals surface area contributed by atoms with Gasteiger partial charge in [0.1, 0.15) is 0 Å². The van der Waals surface area contributed by atoms with Crippen molar-refractivity contribution >= 4 is 28.3 Å². The molecule has 3 rings (SSSR count). The van der Waals surface area contributed by atoms with E-state index in [1.165, 1.54) is 11.3 Å². The number of amides is 2. The molecule has 2 saturated heterocycles. The Bertz CT molecular complexity index is 559. The van der Waals surface area contributed by atoms with E-state index >= 15 is 0 Å². The first-order valence-electron chi connectivity index (χ1n) is 7.91. The Kier molecular flexibility index (Phi) is 4.73. The average molecular weight is 322 g/mol. The number of rotatable bonds is 4. The Balaban J connectivity index is 1.55. The molecule has 3 heterocycles. The molecular weight excluding hydrogens is 300 g/mol. The van der Waals surface area contributed by atoms with Gasteiger partial charge in [-0.25, -0.2) is 4.98 Å². The summed E-state index contributed by atoms with van der Waals surface area (Å²) in [5.74, 6) is 0.137. The average Bonchev–Trinajstić information content (AvgIpc) is 3.10. The van der Waals surface area contributed by atoms with Crippen molar-refractivity contribution in [1.29, 1.82) is 0 Å². The molecule has 0 saturated carbocycles. The van der Waals surface area contributed by atoms with Crippen molar-refractivity contribution in [2.45, 2.75) is 51.1 Å². The highest BCUT2D eigenvalue weighted by molar-refractivity contribution is 7.14. The summed E-state index contributed by atoms with van der Waals surface area (Å²) >= 11 is 1.44. The van der Waals surface area contributed by atoms with Gasteiger partial charge in [-0.3, -0.25) is 14.5 Å². The normalized spacial score (nSPS) is 25.5. The van der Waals surface area contributed by atoms with E-state index in [0.29, 0.717) is 12.5 Å². The Morgan fingerprint density at radius 1 is 1.55 bits per heavy atom. The van der Waals surface area contributed by atoms with Crippen molar-refractivity contribution in [3.05, 3.63) is 11.1 Å². The molecule has 120 valence electrons. The van der Waals surface area contributed by atoms with Crippen LogP contribution in [0.3, 0.4) is 0 Å². The zero-order valence-corrected chi connectivity index (χ0v) is 13.6. The van der Waals surface area contributed by atoms with Crippen LogP contribution in [0, 0.1) is 0 Å². The van der Waals surface area contributed by atoms with Crippen LogP contribution in [0.4, 0.5) is 5.13 Å². The minimum atomic E-state index is 0.00477. The lowest BCUT2D eigenvalue weighted by molar-refractivity contribution is -0.121. The molecule has 0 bridgehead atoms. The van der Waals surface area contributed by atoms with Gasteiger partial charge in [0.2, 0.25) is 11.8 Å². The molecule has 6 nitrogen and oxygen atoms in total. The molecule has 0 aromatic carbocycles. The minimum Gasteiger partial charge on any atom is -0.351 e. The Morgan fingerprint density at radius 3 is 3.14 bits per heavy atom. The van der Waals surface area contributed by atoms with E-state index in [4.69, 9.17) is 0 Å². The number of carbonyl (C=O) groups excluding carboxylic acids is 2. The van der Waals surface area contributed by atoms with Crippen LogP contribution in [0.2, 0.25) is 0 Å². The fourth-order valence-electron chi connectivity index (χ4n) is 3.02. The van der Waals surface area contributed by atoms with Gasteiger partial charge in [-0.2, -0.15) is 0 Å². The highest BCUT2D eigenvalue weighted by Crippen LogP contribution is 2.25. The number of hydrogen-bond donors (Lipinski definition) is 2. The van der Waals surface area contributed by atoms with Gasteiger partial charge in [-0.15, -0.1) is 11.3 Å². The van der Waals surface area contributed by atoms with Crippen LogP contribution >= 0.6 is 11.3 Å². The van der Waals surface area contributed by atoms with E-state index < -0.39 is 0 Å². The highest BCUT2D eigenvalue weighted by Gasteiger charge is 2.25. The summed E-state index contributed by atoms with van der Waals surface area (Å²) in [7, 11) is 0. The van der Waals surface area contributed by atoms with Crippen LogP contribution in [-0.4, -0.2) is 42.0 Å². The number of aromatic nitrogens is 1. The van der Waals surface area contributed by atoms with Gasteiger partial charge >= 0.3 is 0 Å². The molecule has 7 heteroatoms. The lowest BCUT2D eigenvalue weighted by Crippen LogP contribution is -2.52. The predicted octanol–water partition coefficient (Wildman–Crippen LogP) is 1.07. The molecule has 2 unspecified atom stereocenters. The molecule has 2 N–H and O–H groups in total. The lowest BCUT2D eigenvalue weighted by Gasteiger charge is -2.30. The van der Waals surface area contributed by atoms with Gasteiger partial charge in [-0.1, -0.05) is 0 Å². The number of hydrogen-bond acceptors (Lipinski definition) is 5. The molecule has 1 aromatic rings. The van der Waals surface area contributed by atoms with E-state index in [0.717, 1.165) is 43.2 Å². The molecule has 2 amide bonds. The largest absolute Gasteiger partial charge is 0.351 e. The molecule has 2 fully saturated rings. The van der Waals surface area contributed by atoms with Crippen molar-refractivity contribution in [2.75, 3.05) is 18.0 Å². The van der Waals surface area contributed by atoms with Gasteiger partial charge in [-0.05, 0) is 32.7 Å². The van der Waals surface area contributed by atoms with Crippen LogP contribution in [0.15, 0.2) is 5.38 Å². The van der Waals surface area contributed by atoms with Crippen LogP contribution in [-0.2, 0) is 16.0 Å². The molecule has 1 aromatic heterocycles. The summed E-state index contributed by atoms with van der Waals surface area (Å²) in [4.78, 5) is 30.0. The summed E-state index contributed by atoms with van der Waals surface area (Å²) < 4.78 is 0. The fourth-order valence-corrected chi connectivity index (χ4v) is 3.88. The van der Waals surface area contributed by atoms with Crippen LogP contribution in [0.1, 0.15) is 38.3 Å². The van der Waals surface area contributed by atoms with Crippen molar-refractivity contribution in [2.24, 2.45) is 0 Å². The topological polar surface area (TPSA) is 74.3 Å². The number of nitrogens with zero attached hydrogens (tertiary/aromatic N) is 2. The maximum atomic E-state index is 12.2. The van der Waals surface area contributed by atoms with Gasteiger partial charge in [0.25, 0.3) is 0 Å². The number of piperidine rings is 1. The standard InChI is InChI=1S/C15H22N4O2S/c1-10-12(4-2-6-16-10)18-13(20)8-11-9-22-15(17-11)19-7-3-5-14(19)21/h9-10,12,16H,2-8H2,1H3,(H,18,20). The van der Waals surface area contributed by atoms with Gasteiger partial charge in [0.05, 0.1) is 12.1 Å². The summed E-state index contributed by atoms with van der Waals surface area (Å²) in [6.45, 7) is 3.86. The van der Waals surface area contributed by atoms with E-state index in [9.17, 15) is 9.59 Å². The predicted molar refractivity (Wildman–Crippen MR) is 86.0 cm³/mol. The third-order valence-corrected chi connectivity index (χ3v) is 5.21. The number of carbonyl (C=O) groups is 2. The van der Waals surface area contributed by atoms with E-state index in [2.05, 4.69) is 22.5 Å². The number of anilines is 1. The highest BCUT2D eigenvalue weighted by atomic mass is 32.1. The van der Waals surface area contributed by atoms with Crippen molar-refractivity contribution in [3.8, 4) is 0 Å². The molecule has 0 radical (unpaired) electrons. The van der Waals surface area contributed by atoms with Crippen LogP contribution in [0.25, 0.3) is 0 Å². The first-order valence-corrected chi connectivity index (χ1v) is 8.79. The van der Waals surface area contributed by atoms with Gasteiger partial charge in [0.15, 0.2) is 5.13 Å². The van der Waals surface area contributed by atoms with Gasteiger partial charge < -0.3 is 10.6 Å². The van der Waals surface area contributed by atoms with E-state index in [-0.39, 0.29) is 24.3 Å². The lowest BCUT2D eigenvalue weighted by atomic mass is 10.00. The smallest absolute Gasteiger partial charge is 0.228 e. The van der Waals surface area contributed by atoms with Crippen LogP contribution in [0.5, 0.6) is 0 Å². The van der Waals surface area contributed by atoms with Crippen molar-refractivity contribution < 1.29 is 9.59 Å². The number of thiazole rings is 1. The second kappa shape index (κ2) is 6.75. The quantitative estimate of drug-likeness (QED) is 0.869. The maximum absolute atomic E-state index is 12.2. The van der Waals surface area contributed by atoms with Crippen molar-refractivity contribution in [1.82, 2.24) is 15.6 Å². The third kappa shape index (κ3) is 3.47. The molecule has 0 spiro atoms. The SMILES string of the molecule is CC1NCCCC1NC(=O)Cc1csc(N2CCCC2=O)n1. The molecule has 2 atom stereocenters. The maximum Gasteiger partial charge on any atom is 0.228 e. The minimum absolute atomic E-state index is 0.00477. The fraction of sp³-hybridized carbons (Fsp3) is 0.667. The van der Waals surface area contributed by atoms with Crippen LogP contribution < -0.4 is 15.5 Å². The Morgan fingerprint density at radius 2 is 2.41 bits per heavy atom. The molecule has 22 heavy (non-hydrogen) atoms. The van der Waals surface area contributed by atoms with E-state index in [1.807, 2.05) is 5.38 Å². The second-order valence-corrected chi connectivity index (χ2v) is 6.84. The third-order valence-electron chi connectivity index (χ3n) is 4.29. The zero-order chi connectivity index (χ0) is 15.5. The van der Waals surface area contributed by atoms with Crippen molar-refractivity contribution in [3.63, 3.8) is 0 Å². The number of nitrogens with one attached hydrogen (secondary N) is 2. The second-order valence-electron chi connectivity index (χ2n) is 6.01. The molecular formula is C15H22N4O2S. The summed E-state index contributed by atoms with van der Waals surface area (Å²) in [6, 6.07) is 0.505. The summed E-state index contributed by atoms with van der Waals surface area (Å²) in [5, 5.41) is 9.06. The van der Waals surface area contributed by atoms with Gasteiger partial charge in [0, 0.05) is 30.4 Å². The first kappa shape index (κ1) is 15.4. The Hall–Kier alpha value is -1.47. The first-order chi connectivity index (χ1) is 10.6. The molecule has 2 aliphatic heterocycles. The summed E-state index contributed by atoms with van der Waals surface area (Å²) in [6.07, 6.45) is 3.88.